The van der Waals surface area contributed by atoms with E-state index in [-0.39, 0.29) is 5.41 Å². The average molecular weight is 285 g/mol. The van der Waals surface area contributed by atoms with E-state index in [1.54, 1.807) is 0 Å². The molecule has 112 valence electrons. The molecule has 1 heterocycles. The van der Waals surface area contributed by atoms with Crippen molar-refractivity contribution < 1.29 is 4.74 Å². The van der Waals surface area contributed by atoms with Crippen LogP contribution in [-0.4, -0.2) is 16.7 Å². The fourth-order valence-corrected chi connectivity index (χ4v) is 2.04. The summed E-state index contributed by atoms with van der Waals surface area (Å²) in [4.78, 5) is 0. The number of benzene rings is 1. The Kier molecular flexibility index (Phi) is 4.91. The number of para-hydroxylation sites is 1. The Hall–Kier alpha value is -1.94. The lowest BCUT2D eigenvalue weighted by molar-refractivity contribution is 0.432. The third kappa shape index (κ3) is 4.26. The summed E-state index contributed by atoms with van der Waals surface area (Å²) in [5.74, 6) is 1.35. The van der Waals surface area contributed by atoms with Crippen LogP contribution in [0.3, 0.4) is 0 Å². The molecule has 0 saturated carbocycles. The van der Waals surface area contributed by atoms with E-state index < -0.39 is 0 Å². The standard InChI is InChI=1S/C17H23N3O/c1-5-18-12-13-10-11-16(20-19-13)21-15-9-7-6-8-14(15)17(2,3)4/h6-11,18H,5,12H2,1-4H3. The van der Waals surface area contributed by atoms with Crippen molar-refractivity contribution >= 4 is 0 Å². The summed E-state index contributed by atoms with van der Waals surface area (Å²) in [5, 5.41) is 11.5. The zero-order chi connectivity index (χ0) is 15.3. The SMILES string of the molecule is CCNCc1ccc(Oc2ccccc2C(C)(C)C)nn1. The van der Waals surface area contributed by atoms with E-state index in [9.17, 15) is 0 Å². The predicted molar refractivity (Wildman–Crippen MR) is 84.6 cm³/mol. The van der Waals surface area contributed by atoms with Crippen molar-refractivity contribution in [3.05, 3.63) is 47.7 Å². The Morgan fingerprint density at radius 3 is 2.43 bits per heavy atom. The van der Waals surface area contributed by atoms with Gasteiger partial charge in [0.25, 0.3) is 0 Å². The minimum Gasteiger partial charge on any atom is -0.437 e. The zero-order valence-corrected chi connectivity index (χ0v) is 13.2. The van der Waals surface area contributed by atoms with Crippen LogP contribution >= 0.6 is 0 Å². The molecule has 1 aromatic carbocycles. The van der Waals surface area contributed by atoms with E-state index in [4.69, 9.17) is 4.74 Å². The van der Waals surface area contributed by atoms with Gasteiger partial charge in [-0.05, 0) is 24.1 Å². The number of rotatable bonds is 5. The smallest absolute Gasteiger partial charge is 0.238 e. The third-order valence-corrected chi connectivity index (χ3v) is 3.16. The van der Waals surface area contributed by atoms with Crippen LogP contribution in [0.4, 0.5) is 0 Å². The van der Waals surface area contributed by atoms with Crippen molar-refractivity contribution in [2.75, 3.05) is 6.54 Å². The molecule has 0 spiro atoms. The summed E-state index contributed by atoms with van der Waals surface area (Å²) in [5.41, 5.74) is 2.09. The van der Waals surface area contributed by atoms with Gasteiger partial charge in [0.05, 0.1) is 5.69 Å². The highest BCUT2D eigenvalue weighted by molar-refractivity contribution is 5.40. The molecule has 0 bridgehead atoms. The van der Waals surface area contributed by atoms with Gasteiger partial charge in [-0.2, -0.15) is 5.10 Å². The van der Waals surface area contributed by atoms with Crippen molar-refractivity contribution in [1.82, 2.24) is 15.5 Å². The lowest BCUT2D eigenvalue weighted by Gasteiger charge is -2.22. The van der Waals surface area contributed by atoms with Crippen LogP contribution in [0.25, 0.3) is 0 Å². The molecular weight excluding hydrogens is 262 g/mol. The van der Waals surface area contributed by atoms with Crippen molar-refractivity contribution in [2.45, 2.75) is 39.7 Å². The first-order valence-electron chi connectivity index (χ1n) is 7.31. The number of nitrogens with zero attached hydrogens (tertiary/aromatic N) is 2. The number of ether oxygens (including phenoxy) is 1. The second-order valence-electron chi connectivity index (χ2n) is 5.99. The molecular formula is C17H23N3O. The summed E-state index contributed by atoms with van der Waals surface area (Å²) in [7, 11) is 0. The molecule has 0 aliphatic carbocycles. The van der Waals surface area contributed by atoms with Gasteiger partial charge >= 0.3 is 0 Å². The molecule has 0 aliphatic rings. The highest BCUT2D eigenvalue weighted by Gasteiger charge is 2.19. The minimum atomic E-state index is 0.0228. The van der Waals surface area contributed by atoms with Gasteiger partial charge in [0.1, 0.15) is 5.75 Å². The maximum atomic E-state index is 5.90. The monoisotopic (exact) mass is 285 g/mol. The van der Waals surface area contributed by atoms with Crippen molar-refractivity contribution in [2.24, 2.45) is 0 Å². The van der Waals surface area contributed by atoms with Gasteiger partial charge in [-0.25, -0.2) is 0 Å². The van der Waals surface area contributed by atoms with Crippen LogP contribution in [0, 0.1) is 0 Å². The van der Waals surface area contributed by atoms with E-state index in [0.29, 0.717) is 5.88 Å². The zero-order valence-electron chi connectivity index (χ0n) is 13.2. The quantitative estimate of drug-likeness (QED) is 0.910. The summed E-state index contributed by atoms with van der Waals surface area (Å²) in [6.45, 7) is 10.2. The van der Waals surface area contributed by atoms with Crippen molar-refractivity contribution in [3.63, 3.8) is 0 Å². The molecule has 2 rings (SSSR count). The van der Waals surface area contributed by atoms with Crippen molar-refractivity contribution in [1.29, 1.82) is 0 Å². The highest BCUT2D eigenvalue weighted by Crippen LogP contribution is 2.33. The summed E-state index contributed by atoms with van der Waals surface area (Å²) in [6, 6.07) is 11.8. The van der Waals surface area contributed by atoms with Crippen LogP contribution in [0.5, 0.6) is 11.6 Å². The average Bonchev–Trinajstić information content (AvgIpc) is 2.46. The Labute approximate surface area is 126 Å². The van der Waals surface area contributed by atoms with Gasteiger partial charge < -0.3 is 10.1 Å². The van der Waals surface area contributed by atoms with Crippen LogP contribution < -0.4 is 10.1 Å². The maximum absolute atomic E-state index is 5.90. The fraction of sp³-hybridized carbons (Fsp3) is 0.412. The lowest BCUT2D eigenvalue weighted by atomic mass is 9.86. The third-order valence-electron chi connectivity index (χ3n) is 3.16. The molecule has 0 radical (unpaired) electrons. The van der Waals surface area contributed by atoms with Gasteiger partial charge in [0.2, 0.25) is 5.88 Å². The Morgan fingerprint density at radius 1 is 1.05 bits per heavy atom. The Balaban J connectivity index is 2.15. The fourth-order valence-electron chi connectivity index (χ4n) is 2.04. The van der Waals surface area contributed by atoms with Gasteiger partial charge in [0.15, 0.2) is 0 Å². The highest BCUT2D eigenvalue weighted by atomic mass is 16.5. The van der Waals surface area contributed by atoms with E-state index in [1.165, 1.54) is 0 Å². The molecule has 4 nitrogen and oxygen atoms in total. The first-order valence-corrected chi connectivity index (χ1v) is 7.31. The van der Waals surface area contributed by atoms with Crippen LogP contribution in [0.15, 0.2) is 36.4 Å². The van der Waals surface area contributed by atoms with Gasteiger partial charge in [-0.1, -0.05) is 45.9 Å². The normalized spacial score (nSPS) is 11.4. The molecule has 1 N–H and O–H groups in total. The molecule has 0 fully saturated rings. The summed E-state index contributed by atoms with van der Waals surface area (Å²) < 4.78 is 5.90. The molecule has 0 aliphatic heterocycles. The Bertz CT molecular complexity index is 573. The van der Waals surface area contributed by atoms with Crippen LogP contribution in [0.2, 0.25) is 0 Å². The number of hydrogen-bond donors (Lipinski definition) is 1. The molecule has 21 heavy (non-hydrogen) atoms. The lowest BCUT2D eigenvalue weighted by Crippen LogP contribution is -2.14. The number of hydrogen-bond acceptors (Lipinski definition) is 4. The maximum Gasteiger partial charge on any atom is 0.238 e. The molecule has 2 aromatic rings. The largest absolute Gasteiger partial charge is 0.437 e. The molecule has 0 saturated heterocycles. The van der Waals surface area contributed by atoms with E-state index in [0.717, 1.165) is 30.1 Å². The van der Waals surface area contributed by atoms with Crippen LogP contribution in [-0.2, 0) is 12.0 Å². The second-order valence-corrected chi connectivity index (χ2v) is 5.99. The molecule has 4 heteroatoms. The van der Waals surface area contributed by atoms with E-state index in [2.05, 4.69) is 49.3 Å². The summed E-state index contributed by atoms with van der Waals surface area (Å²) >= 11 is 0. The summed E-state index contributed by atoms with van der Waals surface area (Å²) in [6.07, 6.45) is 0. The van der Waals surface area contributed by atoms with Gasteiger partial charge in [-0.3, -0.25) is 0 Å². The van der Waals surface area contributed by atoms with Gasteiger partial charge in [0, 0.05) is 18.2 Å². The minimum absolute atomic E-state index is 0.0228. The molecule has 0 unspecified atom stereocenters. The van der Waals surface area contributed by atoms with Crippen molar-refractivity contribution in [3.8, 4) is 11.6 Å². The topological polar surface area (TPSA) is 47.0 Å². The molecule has 0 atom stereocenters. The predicted octanol–water partition coefficient (Wildman–Crippen LogP) is 3.68. The Morgan fingerprint density at radius 2 is 1.81 bits per heavy atom. The number of nitrogens with one attached hydrogen (secondary N) is 1. The second kappa shape index (κ2) is 6.68. The van der Waals surface area contributed by atoms with Crippen LogP contribution in [0.1, 0.15) is 39.0 Å². The van der Waals surface area contributed by atoms with E-state index >= 15 is 0 Å². The molecule has 0 amide bonds. The molecule has 1 aromatic heterocycles. The first-order chi connectivity index (χ1) is 10.0. The van der Waals surface area contributed by atoms with Gasteiger partial charge in [-0.15, -0.1) is 5.10 Å². The first kappa shape index (κ1) is 15.4. The number of aromatic nitrogens is 2. The van der Waals surface area contributed by atoms with E-state index in [1.807, 2.05) is 30.3 Å².